The van der Waals surface area contributed by atoms with E-state index < -0.39 is 0 Å². The predicted octanol–water partition coefficient (Wildman–Crippen LogP) is 1.65. The van der Waals surface area contributed by atoms with Crippen LogP contribution in [0.2, 0.25) is 0 Å². The van der Waals surface area contributed by atoms with Gasteiger partial charge in [-0.2, -0.15) is 0 Å². The maximum Gasteiger partial charge on any atom is 0.0661 e. The van der Waals surface area contributed by atoms with Gasteiger partial charge < -0.3 is 14.8 Å². The highest BCUT2D eigenvalue weighted by Gasteiger charge is 2.56. The molecule has 0 aromatic rings. The molecule has 0 aromatic heterocycles. The molecule has 1 saturated heterocycles. The fourth-order valence-corrected chi connectivity index (χ4v) is 4.39. The van der Waals surface area contributed by atoms with Gasteiger partial charge in [0.15, 0.2) is 0 Å². The lowest BCUT2D eigenvalue weighted by molar-refractivity contribution is -0.130. The molecule has 4 heteroatoms. The first-order valence-corrected chi connectivity index (χ1v) is 8.50. The molecule has 0 bridgehead atoms. The highest BCUT2D eigenvalue weighted by molar-refractivity contribution is 5.09. The van der Waals surface area contributed by atoms with Gasteiger partial charge in [-0.05, 0) is 26.2 Å². The second-order valence-corrected chi connectivity index (χ2v) is 6.58. The van der Waals surface area contributed by atoms with Crippen LogP contribution in [0.25, 0.3) is 0 Å². The van der Waals surface area contributed by atoms with Gasteiger partial charge in [-0.1, -0.05) is 12.8 Å². The van der Waals surface area contributed by atoms with E-state index in [0.717, 1.165) is 46.0 Å². The van der Waals surface area contributed by atoms with Crippen molar-refractivity contribution in [2.24, 2.45) is 5.41 Å². The van der Waals surface area contributed by atoms with Crippen LogP contribution in [0.5, 0.6) is 0 Å². The summed E-state index contributed by atoms with van der Waals surface area (Å²) in [5, 5.41) is 3.83. The molecule has 2 aliphatic carbocycles. The topological polar surface area (TPSA) is 33.7 Å². The minimum atomic E-state index is 0.473. The van der Waals surface area contributed by atoms with E-state index in [2.05, 4.69) is 17.1 Å². The molecule has 1 aliphatic heterocycles. The summed E-state index contributed by atoms with van der Waals surface area (Å²) in [4.78, 5) is 2.51. The molecule has 1 heterocycles. The Kier molecular flexibility index (Phi) is 4.97. The Morgan fingerprint density at radius 2 is 2.00 bits per heavy atom. The van der Waals surface area contributed by atoms with Crippen molar-refractivity contribution in [3.63, 3.8) is 0 Å². The summed E-state index contributed by atoms with van der Waals surface area (Å²) >= 11 is 0. The minimum Gasteiger partial charge on any atom is -0.379 e. The van der Waals surface area contributed by atoms with Gasteiger partial charge in [0.25, 0.3) is 0 Å². The third-order valence-electron chi connectivity index (χ3n) is 5.61. The predicted molar refractivity (Wildman–Crippen MR) is 80.0 cm³/mol. The highest BCUT2D eigenvalue weighted by atomic mass is 16.5. The molecular formula is C16H30N2O2. The van der Waals surface area contributed by atoms with E-state index in [9.17, 15) is 0 Å². The monoisotopic (exact) mass is 282 g/mol. The number of nitrogens with zero attached hydrogens (tertiary/aromatic N) is 1. The Bertz CT molecular complexity index is 299. The van der Waals surface area contributed by atoms with Crippen molar-refractivity contribution in [1.29, 1.82) is 0 Å². The van der Waals surface area contributed by atoms with Gasteiger partial charge in [0.2, 0.25) is 0 Å². The van der Waals surface area contributed by atoms with Crippen molar-refractivity contribution in [3.8, 4) is 0 Å². The lowest BCUT2D eigenvalue weighted by atomic mass is 9.60. The quantitative estimate of drug-likeness (QED) is 0.803. The van der Waals surface area contributed by atoms with E-state index in [-0.39, 0.29) is 0 Å². The van der Waals surface area contributed by atoms with Crippen LogP contribution in [0.4, 0.5) is 0 Å². The molecule has 0 aromatic carbocycles. The van der Waals surface area contributed by atoms with Crippen molar-refractivity contribution in [3.05, 3.63) is 0 Å². The maximum absolute atomic E-state index is 5.98. The van der Waals surface area contributed by atoms with Crippen molar-refractivity contribution in [2.75, 3.05) is 46.0 Å². The zero-order chi connectivity index (χ0) is 13.8. The average Bonchev–Trinajstić information content (AvgIpc) is 2.99. The first-order chi connectivity index (χ1) is 9.85. The van der Waals surface area contributed by atoms with Gasteiger partial charge in [0.1, 0.15) is 0 Å². The third-order valence-corrected chi connectivity index (χ3v) is 5.61. The molecule has 3 rings (SSSR count). The summed E-state index contributed by atoms with van der Waals surface area (Å²) in [6.07, 6.45) is 7.27. The minimum absolute atomic E-state index is 0.473. The molecule has 3 aliphatic rings. The zero-order valence-electron chi connectivity index (χ0n) is 12.9. The summed E-state index contributed by atoms with van der Waals surface area (Å²) in [6.45, 7) is 9.27. The Morgan fingerprint density at radius 3 is 2.70 bits per heavy atom. The molecule has 4 nitrogen and oxygen atoms in total. The van der Waals surface area contributed by atoms with E-state index in [1.807, 2.05) is 0 Å². The molecule has 0 amide bonds. The SMILES string of the molecule is CCOC1CC(NCCN2CCOCC2)C12CCCC2. The lowest BCUT2D eigenvalue weighted by Crippen LogP contribution is -2.63. The van der Waals surface area contributed by atoms with Gasteiger partial charge in [-0.3, -0.25) is 4.90 Å². The molecule has 1 spiro atoms. The Morgan fingerprint density at radius 1 is 1.25 bits per heavy atom. The van der Waals surface area contributed by atoms with Gasteiger partial charge >= 0.3 is 0 Å². The van der Waals surface area contributed by atoms with Crippen LogP contribution in [0.1, 0.15) is 39.0 Å². The molecule has 3 fully saturated rings. The summed E-state index contributed by atoms with van der Waals surface area (Å²) in [6, 6.07) is 0.697. The van der Waals surface area contributed by atoms with Crippen LogP contribution >= 0.6 is 0 Å². The van der Waals surface area contributed by atoms with Crippen molar-refractivity contribution in [1.82, 2.24) is 10.2 Å². The number of ether oxygens (including phenoxy) is 2. The van der Waals surface area contributed by atoms with Gasteiger partial charge in [-0.15, -0.1) is 0 Å². The molecule has 20 heavy (non-hydrogen) atoms. The number of nitrogens with one attached hydrogen (secondary N) is 1. The number of rotatable bonds is 6. The van der Waals surface area contributed by atoms with Crippen LogP contribution in [0.3, 0.4) is 0 Å². The Labute approximate surface area is 123 Å². The largest absolute Gasteiger partial charge is 0.379 e. The van der Waals surface area contributed by atoms with Crippen molar-refractivity contribution in [2.45, 2.75) is 51.2 Å². The Balaban J connectivity index is 1.43. The molecule has 2 unspecified atom stereocenters. The zero-order valence-corrected chi connectivity index (χ0v) is 12.9. The van der Waals surface area contributed by atoms with E-state index in [1.54, 1.807) is 0 Å². The molecule has 116 valence electrons. The van der Waals surface area contributed by atoms with Crippen LogP contribution in [-0.2, 0) is 9.47 Å². The van der Waals surface area contributed by atoms with Gasteiger partial charge in [0.05, 0.1) is 19.3 Å². The normalized spacial score (nSPS) is 33.5. The molecule has 1 N–H and O–H groups in total. The van der Waals surface area contributed by atoms with Crippen LogP contribution < -0.4 is 5.32 Å². The summed E-state index contributed by atoms with van der Waals surface area (Å²) in [5.74, 6) is 0. The maximum atomic E-state index is 5.98. The van der Waals surface area contributed by atoms with Crippen LogP contribution in [0.15, 0.2) is 0 Å². The Hall–Kier alpha value is -0.160. The standard InChI is InChI=1S/C16H30N2O2/c1-2-20-15-13-14(16(15)5-3-4-6-16)17-7-8-18-9-11-19-12-10-18/h14-15,17H,2-13H2,1H3. The first kappa shape index (κ1) is 14.8. The lowest BCUT2D eigenvalue weighted by Gasteiger charge is -2.54. The number of hydrogen-bond acceptors (Lipinski definition) is 4. The summed E-state index contributed by atoms with van der Waals surface area (Å²) < 4.78 is 11.4. The average molecular weight is 282 g/mol. The molecular weight excluding hydrogens is 252 g/mol. The van der Waals surface area contributed by atoms with Crippen LogP contribution in [0, 0.1) is 5.41 Å². The van der Waals surface area contributed by atoms with E-state index in [0.29, 0.717) is 17.6 Å². The molecule has 0 radical (unpaired) electrons. The molecule has 2 atom stereocenters. The van der Waals surface area contributed by atoms with Crippen molar-refractivity contribution < 1.29 is 9.47 Å². The van der Waals surface area contributed by atoms with E-state index >= 15 is 0 Å². The fourth-order valence-electron chi connectivity index (χ4n) is 4.39. The second kappa shape index (κ2) is 6.73. The summed E-state index contributed by atoms with van der Waals surface area (Å²) in [7, 11) is 0. The third kappa shape index (κ3) is 2.89. The second-order valence-electron chi connectivity index (χ2n) is 6.58. The molecule has 2 saturated carbocycles. The highest BCUT2D eigenvalue weighted by Crippen LogP contribution is 2.54. The fraction of sp³-hybridized carbons (Fsp3) is 1.00. The van der Waals surface area contributed by atoms with E-state index in [1.165, 1.54) is 32.1 Å². The first-order valence-electron chi connectivity index (χ1n) is 8.50. The number of hydrogen-bond donors (Lipinski definition) is 1. The summed E-state index contributed by atoms with van der Waals surface area (Å²) in [5.41, 5.74) is 0.473. The van der Waals surface area contributed by atoms with Gasteiger partial charge in [-0.25, -0.2) is 0 Å². The van der Waals surface area contributed by atoms with Gasteiger partial charge in [0, 0.05) is 44.2 Å². The van der Waals surface area contributed by atoms with Crippen molar-refractivity contribution >= 4 is 0 Å². The number of morpholine rings is 1. The van der Waals surface area contributed by atoms with E-state index in [4.69, 9.17) is 9.47 Å². The smallest absolute Gasteiger partial charge is 0.0661 e. The van der Waals surface area contributed by atoms with Crippen LogP contribution in [-0.4, -0.2) is 63.0 Å².